The van der Waals surface area contributed by atoms with E-state index in [1.165, 1.54) is 0 Å². The number of hydrogen-bond acceptors (Lipinski definition) is 3. The molecule has 1 fully saturated rings. The van der Waals surface area contributed by atoms with Gasteiger partial charge in [-0.1, -0.05) is 48.5 Å². The first-order valence-electron chi connectivity index (χ1n) is 9.39. The van der Waals surface area contributed by atoms with E-state index in [4.69, 9.17) is 4.74 Å². The molecule has 3 aromatic rings. The highest BCUT2D eigenvalue weighted by atomic mass is 16.5. The molecule has 0 heterocycles. The molecule has 4 rings (SSSR count). The first kappa shape index (κ1) is 17.4. The van der Waals surface area contributed by atoms with Gasteiger partial charge in [-0.25, -0.2) is 0 Å². The molecule has 2 N–H and O–H groups in total. The Morgan fingerprint density at radius 2 is 1.78 bits per heavy atom. The van der Waals surface area contributed by atoms with Crippen LogP contribution in [0.25, 0.3) is 10.8 Å². The highest BCUT2D eigenvalue weighted by Crippen LogP contribution is 2.41. The smallest absolute Gasteiger partial charge is 0.239 e. The van der Waals surface area contributed by atoms with E-state index >= 15 is 0 Å². The summed E-state index contributed by atoms with van der Waals surface area (Å²) in [7, 11) is 1.66. The van der Waals surface area contributed by atoms with Crippen LogP contribution in [0.3, 0.4) is 0 Å². The van der Waals surface area contributed by atoms with Crippen molar-refractivity contribution in [3.05, 3.63) is 72.3 Å². The van der Waals surface area contributed by atoms with Gasteiger partial charge in [-0.3, -0.25) is 4.79 Å². The largest absolute Gasteiger partial charge is 0.497 e. The Bertz CT molecular complexity index is 927. The number of carbonyl (C=O) groups excluding carboxylic acids is 1. The number of amides is 1. The molecule has 1 unspecified atom stereocenters. The second-order valence-corrected chi connectivity index (χ2v) is 7.04. The molecule has 0 spiro atoms. The summed E-state index contributed by atoms with van der Waals surface area (Å²) in [5.74, 6) is 1.37. The lowest BCUT2D eigenvalue weighted by molar-refractivity contribution is -0.120. The second kappa shape index (κ2) is 7.70. The molecule has 0 aliphatic heterocycles. The number of fused-ring (bicyclic) bond motifs is 1. The van der Waals surface area contributed by atoms with Gasteiger partial charge in [-0.05, 0) is 47.9 Å². The van der Waals surface area contributed by atoms with Crippen LogP contribution in [-0.4, -0.2) is 19.6 Å². The molecule has 27 heavy (non-hydrogen) atoms. The Morgan fingerprint density at radius 1 is 1.04 bits per heavy atom. The lowest BCUT2D eigenvalue weighted by atomic mass is 10.0. The van der Waals surface area contributed by atoms with Crippen LogP contribution in [0.1, 0.15) is 24.4 Å². The fourth-order valence-electron chi connectivity index (χ4n) is 3.49. The maximum Gasteiger partial charge on any atom is 0.239 e. The Labute approximate surface area is 159 Å². The summed E-state index contributed by atoms with van der Waals surface area (Å²) in [6.45, 7) is 0.257. The van der Waals surface area contributed by atoms with Gasteiger partial charge in [0.2, 0.25) is 5.91 Å². The average Bonchev–Trinajstić information content (AvgIpc) is 3.56. The highest BCUT2D eigenvalue weighted by molar-refractivity contribution is 5.95. The van der Waals surface area contributed by atoms with Crippen molar-refractivity contribution in [1.82, 2.24) is 5.32 Å². The van der Waals surface area contributed by atoms with Crippen molar-refractivity contribution in [2.24, 2.45) is 5.92 Å². The number of rotatable bonds is 7. The molecule has 0 saturated heterocycles. The number of benzene rings is 3. The van der Waals surface area contributed by atoms with Crippen LogP contribution in [-0.2, 0) is 4.79 Å². The molecule has 0 aromatic heterocycles. The van der Waals surface area contributed by atoms with Gasteiger partial charge in [0.05, 0.1) is 19.7 Å². The fraction of sp³-hybridized carbons (Fsp3) is 0.261. The van der Waals surface area contributed by atoms with Gasteiger partial charge in [0.15, 0.2) is 0 Å². The van der Waals surface area contributed by atoms with Crippen molar-refractivity contribution in [3.8, 4) is 5.75 Å². The summed E-state index contributed by atoms with van der Waals surface area (Å²) in [5.41, 5.74) is 2.12. The Hall–Kier alpha value is -3.01. The zero-order valence-corrected chi connectivity index (χ0v) is 15.4. The SMILES string of the molecule is COc1ccc(C(NC(=O)CNc2cccc3ccccc23)C2CC2)cc1. The zero-order chi connectivity index (χ0) is 18.6. The maximum atomic E-state index is 12.6. The zero-order valence-electron chi connectivity index (χ0n) is 15.4. The lowest BCUT2D eigenvalue weighted by Gasteiger charge is -2.20. The standard InChI is InChI=1S/C23H24N2O2/c1-27-19-13-11-18(12-14-19)23(17-9-10-17)25-22(26)15-24-21-8-4-6-16-5-2-3-7-20(16)21/h2-8,11-14,17,23-24H,9-10,15H2,1H3,(H,25,26). The van der Waals surface area contributed by atoms with Crippen LogP contribution in [0.4, 0.5) is 5.69 Å². The predicted octanol–water partition coefficient (Wildman–Crippen LogP) is 4.53. The first-order chi connectivity index (χ1) is 13.2. The topological polar surface area (TPSA) is 50.4 Å². The molecule has 0 bridgehead atoms. The van der Waals surface area contributed by atoms with E-state index in [9.17, 15) is 4.79 Å². The minimum absolute atomic E-state index is 0.00986. The van der Waals surface area contributed by atoms with Crippen molar-refractivity contribution < 1.29 is 9.53 Å². The van der Waals surface area contributed by atoms with E-state index in [0.29, 0.717) is 5.92 Å². The van der Waals surface area contributed by atoms with Gasteiger partial charge in [0, 0.05) is 11.1 Å². The van der Waals surface area contributed by atoms with Gasteiger partial charge in [-0.2, -0.15) is 0 Å². The number of hydrogen-bond donors (Lipinski definition) is 2. The highest BCUT2D eigenvalue weighted by Gasteiger charge is 2.33. The molecule has 4 nitrogen and oxygen atoms in total. The van der Waals surface area contributed by atoms with Gasteiger partial charge in [0.1, 0.15) is 5.75 Å². The lowest BCUT2D eigenvalue weighted by Crippen LogP contribution is -2.34. The van der Waals surface area contributed by atoms with Crippen LogP contribution < -0.4 is 15.4 Å². The van der Waals surface area contributed by atoms with Gasteiger partial charge >= 0.3 is 0 Å². The summed E-state index contributed by atoms with van der Waals surface area (Å²) in [4.78, 5) is 12.6. The van der Waals surface area contributed by atoms with Crippen LogP contribution in [0, 0.1) is 5.92 Å². The molecular weight excluding hydrogens is 336 g/mol. The van der Waals surface area contributed by atoms with Crippen LogP contribution in [0.2, 0.25) is 0 Å². The minimum Gasteiger partial charge on any atom is -0.497 e. The molecule has 1 amide bonds. The monoisotopic (exact) mass is 360 g/mol. The molecule has 1 aliphatic rings. The molecule has 4 heteroatoms. The third kappa shape index (κ3) is 4.05. The fourth-order valence-corrected chi connectivity index (χ4v) is 3.49. The number of nitrogens with one attached hydrogen (secondary N) is 2. The van der Waals surface area contributed by atoms with E-state index in [1.807, 2.05) is 48.5 Å². The van der Waals surface area contributed by atoms with Gasteiger partial charge in [0.25, 0.3) is 0 Å². The molecule has 138 valence electrons. The molecule has 1 aliphatic carbocycles. The van der Waals surface area contributed by atoms with Gasteiger partial charge in [-0.15, -0.1) is 0 Å². The number of ether oxygens (including phenoxy) is 1. The van der Waals surface area contributed by atoms with Crippen molar-refractivity contribution in [2.75, 3.05) is 19.0 Å². The molecule has 1 saturated carbocycles. The molecule has 3 aromatic carbocycles. The third-order valence-electron chi connectivity index (χ3n) is 5.11. The summed E-state index contributed by atoms with van der Waals surface area (Å²) in [5, 5.41) is 8.79. The second-order valence-electron chi connectivity index (χ2n) is 7.04. The molecule has 1 atom stereocenters. The van der Waals surface area contributed by atoms with Crippen molar-refractivity contribution in [3.63, 3.8) is 0 Å². The average molecular weight is 360 g/mol. The van der Waals surface area contributed by atoms with E-state index in [2.05, 4.69) is 28.8 Å². The predicted molar refractivity (Wildman–Crippen MR) is 109 cm³/mol. The maximum absolute atomic E-state index is 12.6. The van der Waals surface area contributed by atoms with E-state index in [1.54, 1.807) is 7.11 Å². The summed E-state index contributed by atoms with van der Waals surface area (Å²) in [6.07, 6.45) is 2.32. The van der Waals surface area contributed by atoms with Crippen LogP contribution >= 0.6 is 0 Å². The van der Waals surface area contributed by atoms with E-state index in [0.717, 1.165) is 40.6 Å². The van der Waals surface area contributed by atoms with Gasteiger partial charge < -0.3 is 15.4 Å². The Kier molecular flexibility index (Phi) is 4.97. The number of anilines is 1. The van der Waals surface area contributed by atoms with E-state index < -0.39 is 0 Å². The van der Waals surface area contributed by atoms with E-state index in [-0.39, 0.29) is 18.5 Å². The van der Waals surface area contributed by atoms with Crippen molar-refractivity contribution in [1.29, 1.82) is 0 Å². The quantitative estimate of drug-likeness (QED) is 0.651. The molecular formula is C23H24N2O2. The van der Waals surface area contributed by atoms with Crippen LogP contribution in [0.15, 0.2) is 66.7 Å². The van der Waals surface area contributed by atoms with Crippen molar-refractivity contribution in [2.45, 2.75) is 18.9 Å². The first-order valence-corrected chi connectivity index (χ1v) is 9.39. The van der Waals surface area contributed by atoms with Crippen molar-refractivity contribution >= 4 is 22.4 Å². The Morgan fingerprint density at radius 3 is 2.52 bits per heavy atom. The Balaban J connectivity index is 1.42. The summed E-state index contributed by atoms with van der Waals surface area (Å²) < 4.78 is 5.23. The minimum atomic E-state index is 0.00986. The number of carbonyl (C=O) groups is 1. The normalized spacial score (nSPS) is 14.6. The number of methoxy groups -OCH3 is 1. The third-order valence-corrected chi connectivity index (χ3v) is 5.11. The summed E-state index contributed by atoms with van der Waals surface area (Å²) in [6, 6.07) is 22.3. The van der Waals surface area contributed by atoms with Crippen LogP contribution in [0.5, 0.6) is 5.75 Å². The summed E-state index contributed by atoms with van der Waals surface area (Å²) >= 11 is 0. The molecule has 0 radical (unpaired) electrons.